The molecule has 1 unspecified atom stereocenters. The van der Waals surface area contributed by atoms with Gasteiger partial charge in [-0.2, -0.15) is 0 Å². The average molecular weight is 435 g/mol. The van der Waals surface area contributed by atoms with Crippen molar-refractivity contribution in [2.24, 2.45) is 11.3 Å². The van der Waals surface area contributed by atoms with E-state index in [0.717, 1.165) is 57.4 Å². The van der Waals surface area contributed by atoms with Gasteiger partial charge in [0.25, 0.3) is 0 Å². The Kier molecular flexibility index (Phi) is 7.08. The lowest BCUT2D eigenvalue weighted by atomic mass is 9.90. The number of carbonyl (C=O) groups is 1. The zero-order valence-corrected chi connectivity index (χ0v) is 19.8. The highest BCUT2D eigenvalue weighted by Crippen LogP contribution is 2.59. The van der Waals surface area contributed by atoms with Gasteiger partial charge >= 0.3 is 0 Å². The first-order valence-electron chi connectivity index (χ1n) is 12.4. The van der Waals surface area contributed by atoms with Crippen LogP contribution in [-0.4, -0.2) is 41.1 Å². The molecule has 1 heterocycles. The molecule has 2 fully saturated rings. The van der Waals surface area contributed by atoms with Gasteiger partial charge in [0.15, 0.2) is 0 Å². The fourth-order valence-electron chi connectivity index (χ4n) is 5.21. The number of nitrogens with zero attached hydrogens (tertiary/aromatic N) is 1. The smallest absolute Gasteiger partial charge is 0.223 e. The van der Waals surface area contributed by atoms with Crippen LogP contribution in [0.4, 0.5) is 0 Å². The Labute approximate surface area is 193 Å². The summed E-state index contributed by atoms with van der Waals surface area (Å²) < 4.78 is 0. The van der Waals surface area contributed by atoms with E-state index < -0.39 is 5.60 Å². The summed E-state index contributed by atoms with van der Waals surface area (Å²) in [5, 5.41) is 13.0. The average Bonchev–Trinajstić information content (AvgIpc) is 3.49. The number of carbonyl (C=O) groups excluding carboxylic acids is 1. The number of nitrogens with one attached hydrogen (secondary N) is 1. The Morgan fingerprint density at radius 2 is 1.97 bits per heavy atom. The molecule has 4 heteroatoms. The molecule has 0 radical (unpaired) electrons. The number of hydrogen-bond donors (Lipinski definition) is 2. The van der Waals surface area contributed by atoms with Crippen LogP contribution in [0.25, 0.3) is 0 Å². The largest absolute Gasteiger partial charge is 0.378 e. The Bertz CT molecular complexity index is 890. The predicted octanol–water partition coefficient (Wildman–Crippen LogP) is 4.42. The van der Waals surface area contributed by atoms with Gasteiger partial charge in [-0.05, 0) is 101 Å². The zero-order valence-electron chi connectivity index (χ0n) is 19.8. The Morgan fingerprint density at radius 1 is 1.22 bits per heavy atom. The first kappa shape index (κ1) is 23.1. The van der Waals surface area contributed by atoms with Crippen LogP contribution in [0.1, 0.15) is 76.3 Å². The normalized spacial score (nSPS) is 22.6. The highest BCUT2D eigenvalue weighted by molar-refractivity contribution is 5.82. The number of amides is 1. The maximum atomic E-state index is 12.7. The van der Waals surface area contributed by atoms with Crippen molar-refractivity contribution in [3.8, 4) is 11.8 Å². The summed E-state index contributed by atoms with van der Waals surface area (Å²) in [5.74, 6) is 6.41. The third-order valence-electron chi connectivity index (χ3n) is 7.36. The first-order valence-corrected chi connectivity index (χ1v) is 12.4. The Morgan fingerprint density at radius 3 is 2.62 bits per heavy atom. The number of aliphatic hydroxyl groups is 1. The molecule has 3 aliphatic rings. The van der Waals surface area contributed by atoms with E-state index in [1.165, 1.54) is 36.8 Å². The molecule has 32 heavy (non-hydrogen) atoms. The topological polar surface area (TPSA) is 52.6 Å². The number of piperidine rings is 1. The molecule has 4 nitrogen and oxygen atoms in total. The summed E-state index contributed by atoms with van der Waals surface area (Å²) in [6.07, 6.45) is 11.8. The third-order valence-corrected chi connectivity index (χ3v) is 7.36. The summed E-state index contributed by atoms with van der Waals surface area (Å²) >= 11 is 0. The van der Waals surface area contributed by atoms with Crippen LogP contribution in [0.3, 0.4) is 0 Å². The molecule has 1 aromatic rings. The number of benzene rings is 1. The van der Waals surface area contributed by atoms with E-state index >= 15 is 0 Å². The van der Waals surface area contributed by atoms with Crippen LogP contribution in [0.15, 0.2) is 35.9 Å². The molecule has 0 bridgehead atoms. The van der Waals surface area contributed by atoms with Crippen molar-refractivity contribution >= 4 is 5.91 Å². The SMILES string of the molecule is CC(C)(O)C#Cc1ccc(CN2CCC3(CC2)CC3C(=O)NCCC2=CCCCC2)cc1. The summed E-state index contributed by atoms with van der Waals surface area (Å²) in [4.78, 5) is 15.2. The van der Waals surface area contributed by atoms with E-state index in [9.17, 15) is 9.90 Å². The van der Waals surface area contributed by atoms with Gasteiger partial charge in [0.05, 0.1) is 0 Å². The molecule has 2 aliphatic carbocycles. The van der Waals surface area contributed by atoms with E-state index in [1.807, 2.05) is 12.1 Å². The van der Waals surface area contributed by atoms with Gasteiger partial charge in [-0.15, -0.1) is 0 Å². The van der Waals surface area contributed by atoms with Crippen molar-refractivity contribution in [2.45, 2.75) is 77.4 Å². The van der Waals surface area contributed by atoms with Gasteiger partial charge in [0.1, 0.15) is 5.60 Å². The summed E-state index contributed by atoms with van der Waals surface area (Å²) in [7, 11) is 0. The number of hydrogen-bond acceptors (Lipinski definition) is 3. The molecule has 172 valence electrons. The molecule has 4 rings (SSSR count). The van der Waals surface area contributed by atoms with Crippen molar-refractivity contribution < 1.29 is 9.90 Å². The van der Waals surface area contributed by atoms with Crippen LogP contribution in [0.2, 0.25) is 0 Å². The maximum absolute atomic E-state index is 12.7. The molecular formula is C28H38N2O2. The molecule has 1 amide bonds. The summed E-state index contributed by atoms with van der Waals surface area (Å²) in [6, 6.07) is 8.33. The van der Waals surface area contributed by atoms with Crippen LogP contribution in [0, 0.1) is 23.2 Å². The van der Waals surface area contributed by atoms with Crippen LogP contribution < -0.4 is 5.32 Å². The molecule has 1 aliphatic heterocycles. The highest BCUT2D eigenvalue weighted by atomic mass is 16.3. The number of likely N-dealkylation sites (tertiary alicyclic amines) is 1. The third kappa shape index (κ3) is 6.24. The van der Waals surface area contributed by atoms with E-state index in [4.69, 9.17) is 0 Å². The molecule has 0 aromatic heterocycles. The monoisotopic (exact) mass is 434 g/mol. The van der Waals surface area contributed by atoms with E-state index in [0.29, 0.717) is 0 Å². The molecule has 1 atom stereocenters. The van der Waals surface area contributed by atoms with Gasteiger partial charge in [-0.25, -0.2) is 0 Å². The molecule has 1 aromatic carbocycles. The van der Waals surface area contributed by atoms with E-state index in [1.54, 1.807) is 13.8 Å². The molecule has 1 spiro atoms. The van der Waals surface area contributed by atoms with Gasteiger partial charge in [-0.3, -0.25) is 9.69 Å². The minimum Gasteiger partial charge on any atom is -0.378 e. The minimum absolute atomic E-state index is 0.235. The second-order valence-electron chi connectivity index (χ2n) is 10.6. The maximum Gasteiger partial charge on any atom is 0.223 e. The lowest BCUT2D eigenvalue weighted by Crippen LogP contribution is -2.37. The first-order chi connectivity index (χ1) is 15.3. The van der Waals surface area contributed by atoms with E-state index in [2.05, 4.69) is 40.3 Å². The minimum atomic E-state index is -0.965. The standard InChI is InChI=1S/C28H38N2O2/c1-27(2,32)14-12-23-8-10-24(11-9-23)21-30-18-15-28(16-19-30)20-25(28)26(31)29-17-13-22-6-4-3-5-7-22/h6,8-11,25,32H,3-5,7,13,15-21H2,1-2H3,(H,29,31). The highest BCUT2D eigenvalue weighted by Gasteiger charge is 2.58. The molecular weight excluding hydrogens is 396 g/mol. The predicted molar refractivity (Wildman–Crippen MR) is 129 cm³/mol. The Hall–Kier alpha value is -2.09. The summed E-state index contributed by atoms with van der Waals surface area (Å²) in [6.45, 7) is 7.27. The van der Waals surface area contributed by atoms with Crippen molar-refractivity contribution in [1.29, 1.82) is 0 Å². The quantitative estimate of drug-likeness (QED) is 0.515. The fraction of sp³-hybridized carbons (Fsp3) is 0.607. The van der Waals surface area contributed by atoms with Crippen molar-refractivity contribution in [1.82, 2.24) is 10.2 Å². The van der Waals surface area contributed by atoms with Crippen LogP contribution in [-0.2, 0) is 11.3 Å². The van der Waals surface area contributed by atoms with Crippen molar-refractivity contribution in [2.75, 3.05) is 19.6 Å². The molecule has 2 N–H and O–H groups in total. The van der Waals surface area contributed by atoms with Crippen LogP contribution >= 0.6 is 0 Å². The lowest BCUT2D eigenvalue weighted by Gasteiger charge is -2.32. The lowest BCUT2D eigenvalue weighted by molar-refractivity contribution is -0.123. The fourth-order valence-corrected chi connectivity index (χ4v) is 5.21. The van der Waals surface area contributed by atoms with Gasteiger partial charge in [-0.1, -0.05) is 35.6 Å². The Balaban J connectivity index is 1.19. The number of allylic oxidation sites excluding steroid dienone is 1. The summed E-state index contributed by atoms with van der Waals surface area (Å²) in [5.41, 5.74) is 3.05. The molecule has 1 saturated carbocycles. The van der Waals surface area contributed by atoms with Gasteiger partial charge < -0.3 is 10.4 Å². The van der Waals surface area contributed by atoms with Crippen LogP contribution in [0.5, 0.6) is 0 Å². The van der Waals surface area contributed by atoms with Gasteiger partial charge in [0.2, 0.25) is 5.91 Å². The zero-order chi connectivity index (χ0) is 22.6. The van der Waals surface area contributed by atoms with E-state index in [-0.39, 0.29) is 17.2 Å². The second-order valence-corrected chi connectivity index (χ2v) is 10.6. The second kappa shape index (κ2) is 9.81. The van der Waals surface area contributed by atoms with Crippen molar-refractivity contribution in [3.63, 3.8) is 0 Å². The number of rotatable bonds is 6. The van der Waals surface area contributed by atoms with Gasteiger partial charge in [0, 0.05) is 24.6 Å². The van der Waals surface area contributed by atoms with Crippen molar-refractivity contribution in [3.05, 3.63) is 47.0 Å². The molecule has 1 saturated heterocycles.